The van der Waals surface area contributed by atoms with E-state index in [9.17, 15) is 4.79 Å². The molecule has 3 heteroatoms. The lowest BCUT2D eigenvalue weighted by molar-refractivity contribution is -0.140. The van der Waals surface area contributed by atoms with E-state index in [2.05, 4.69) is 9.15 Å². The predicted octanol–water partition coefficient (Wildman–Crippen LogP) is 1.96. The van der Waals surface area contributed by atoms with E-state index in [4.69, 9.17) is 0 Å². The Morgan fingerprint density at radius 2 is 2.09 bits per heavy atom. The molecule has 0 spiro atoms. The second-order valence-corrected chi connectivity index (χ2v) is 1.72. The summed E-state index contributed by atoms with van der Waals surface area (Å²) in [5.41, 5.74) is 0. The summed E-state index contributed by atoms with van der Waals surface area (Å²) >= 11 is 0. The Kier molecular flexibility index (Phi) is 6.08. The second kappa shape index (κ2) is 6.86. The van der Waals surface area contributed by atoms with E-state index in [1.54, 1.807) is 19.5 Å². The summed E-state index contributed by atoms with van der Waals surface area (Å²) in [5, 5.41) is 0. The van der Waals surface area contributed by atoms with Gasteiger partial charge in [-0.25, -0.2) is 0 Å². The number of carbonyl (C=O) groups excluding carboxylic acids is 1. The van der Waals surface area contributed by atoms with Gasteiger partial charge in [0.2, 0.25) is 0 Å². The molecule has 0 saturated heterocycles. The van der Waals surface area contributed by atoms with Crippen molar-refractivity contribution in [3.63, 3.8) is 0 Å². The summed E-state index contributed by atoms with van der Waals surface area (Å²) in [4.78, 5) is 9.82. The Morgan fingerprint density at radius 1 is 1.55 bits per heavy atom. The highest BCUT2D eigenvalue weighted by atomic mass is 16.5. The molecule has 0 fully saturated rings. The highest BCUT2D eigenvalue weighted by Gasteiger charge is 1.81. The topological polar surface area (TPSA) is 39.4 Å². The average Bonchev–Trinajstić information content (AvgIpc) is 2.41. The molecule has 0 bridgehead atoms. The van der Waals surface area contributed by atoms with E-state index in [0.717, 1.165) is 0 Å². The van der Waals surface area contributed by atoms with Crippen LogP contribution in [0.4, 0.5) is 0 Å². The summed E-state index contributed by atoms with van der Waals surface area (Å²) in [7, 11) is 0. The normalized spacial score (nSPS) is 7.82. The largest absolute Gasteiger partial charge is 1.00 e. The van der Waals surface area contributed by atoms with Crippen LogP contribution in [0.5, 0.6) is 0 Å². The maximum atomic E-state index is 9.82. The first-order chi connectivity index (χ1) is 5.27. The molecule has 0 N–H and O–H groups in total. The van der Waals surface area contributed by atoms with Gasteiger partial charge in [-0.15, -0.1) is 0 Å². The Morgan fingerprint density at radius 3 is 2.18 bits per heavy atom. The molecular weight excluding hydrogens is 144 g/mol. The Labute approximate surface area is 67.5 Å². The lowest BCUT2D eigenvalue weighted by Crippen LogP contribution is -1.95. The van der Waals surface area contributed by atoms with Crippen molar-refractivity contribution in [3.05, 3.63) is 24.7 Å². The quantitative estimate of drug-likeness (QED) is 0.585. The molecule has 3 nitrogen and oxygen atoms in total. The number of carbonyl (C=O) groups is 1. The second-order valence-electron chi connectivity index (χ2n) is 1.72. The lowest BCUT2D eigenvalue weighted by Gasteiger charge is -1.89. The zero-order valence-electron chi connectivity index (χ0n) is 7.74. The van der Waals surface area contributed by atoms with E-state index in [1.807, 2.05) is 12.1 Å². The highest BCUT2D eigenvalue weighted by molar-refractivity contribution is 5.65. The fourth-order valence-electron chi connectivity index (χ4n) is 0.430. The van der Waals surface area contributed by atoms with E-state index >= 15 is 0 Å². The molecule has 0 radical (unpaired) electrons. The molecule has 0 aliphatic rings. The third-order valence-electron chi connectivity index (χ3n) is 0.773. The molecule has 11 heavy (non-hydrogen) atoms. The molecule has 1 heterocycles. The van der Waals surface area contributed by atoms with E-state index in [-0.39, 0.29) is 7.40 Å². The van der Waals surface area contributed by atoms with Crippen molar-refractivity contribution in [2.75, 3.05) is 6.61 Å². The van der Waals surface area contributed by atoms with Crippen LogP contribution in [0.2, 0.25) is 0 Å². The van der Waals surface area contributed by atoms with E-state index < -0.39 is 0 Å². The first-order valence-corrected chi connectivity index (χ1v) is 3.38. The van der Waals surface area contributed by atoms with Crippen LogP contribution in [0.3, 0.4) is 0 Å². The van der Waals surface area contributed by atoms with Gasteiger partial charge in [0, 0.05) is 6.92 Å². The van der Waals surface area contributed by atoms with Gasteiger partial charge in [0.15, 0.2) is 0 Å². The van der Waals surface area contributed by atoms with Gasteiger partial charge in [0.05, 0.1) is 19.1 Å². The molecule has 0 saturated carbocycles. The van der Waals surface area contributed by atoms with Gasteiger partial charge in [-0.05, 0) is 19.1 Å². The summed E-state index contributed by atoms with van der Waals surface area (Å²) < 4.78 is 8.99. The molecule has 0 unspecified atom stereocenters. The summed E-state index contributed by atoms with van der Waals surface area (Å²) in [6.45, 7) is 3.65. The molecule has 1 rings (SSSR count). The lowest BCUT2D eigenvalue weighted by atomic mass is 10.7. The van der Waals surface area contributed by atoms with Crippen molar-refractivity contribution in [1.82, 2.24) is 0 Å². The van der Waals surface area contributed by atoms with Gasteiger partial charge >= 0.3 is 7.40 Å². The van der Waals surface area contributed by atoms with Crippen LogP contribution in [-0.4, -0.2) is 12.6 Å². The van der Waals surface area contributed by atoms with Crippen molar-refractivity contribution in [2.24, 2.45) is 0 Å². The zero-order valence-corrected chi connectivity index (χ0v) is 6.74. The number of esters is 1. The monoisotopic (exact) mass is 157 g/mol. The van der Waals surface area contributed by atoms with Gasteiger partial charge in [0.1, 0.15) is 0 Å². The first-order valence-electron chi connectivity index (χ1n) is 3.38. The van der Waals surface area contributed by atoms with Gasteiger partial charge in [-0.1, -0.05) is 0 Å². The van der Waals surface area contributed by atoms with Crippen molar-refractivity contribution >= 4 is 5.97 Å². The van der Waals surface area contributed by atoms with Crippen LogP contribution in [0, 0.1) is 0 Å². The number of hydrogen-bond acceptors (Lipinski definition) is 3. The minimum atomic E-state index is -0.211. The molecule has 0 aromatic carbocycles. The van der Waals surface area contributed by atoms with Crippen LogP contribution < -0.4 is 0 Å². The molecule has 0 aliphatic heterocycles. The van der Waals surface area contributed by atoms with Gasteiger partial charge < -0.3 is 9.15 Å². The average molecular weight is 157 g/mol. The van der Waals surface area contributed by atoms with Gasteiger partial charge in [0.25, 0.3) is 0 Å². The third kappa shape index (κ3) is 8.75. The van der Waals surface area contributed by atoms with Gasteiger partial charge in [-0.2, -0.15) is 0 Å². The van der Waals surface area contributed by atoms with Crippen LogP contribution >= 0.6 is 0 Å². The predicted molar refractivity (Wildman–Crippen MR) is 42.1 cm³/mol. The van der Waals surface area contributed by atoms with Crippen LogP contribution in [0.15, 0.2) is 29.1 Å². The van der Waals surface area contributed by atoms with Gasteiger partial charge in [-0.3, -0.25) is 4.79 Å². The number of rotatable bonds is 1. The Balaban J connectivity index is 0. The van der Waals surface area contributed by atoms with Crippen molar-refractivity contribution in [1.29, 1.82) is 0 Å². The van der Waals surface area contributed by atoms with E-state index in [0.29, 0.717) is 6.61 Å². The third-order valence-corrected chi connectivity index (χ3v) is 0.773. The summed E-state index contributed by atoms with van der Waals surface area (Å²) in [6, 6.07) is 3.67. The van der Waals surface area contributed by atoms with Crippen molar-refractivity contribution in [3.8, 4) is 0 Å². The standard InChI is InChI=1S/C4H8O2.C4H4O/c1-3-6-4(2)5;1-2-4-5-3-1/h3H2,1-2H3;1-4H/p+1. The minimum Gasteiger partial charge on any atom is -0.473 e. The van der Waals surface area contributed by atoms with Crippen LogP contribution in [-0.2, 0) is 9.53 Å². The Hall–Kier alpha value is -1.25. The zero-order chi connectivity index (χ0) is 8.53. The van der Waals surface area contributed by atoms with Crippen LogP contribution in [0.25, 0.3) is 0 Å². The first kappa shape index (κ1) is 9.75. The number of hydrogen-bond donors (Lipinski definition) is 0. The minimum absolute atomic E-state index is 0. The number of ether oxygens (including phenoxy) is 1. The molecule has 1 aromatic rings. The van der Waals surface area contributed by atoms with E-state index in [1.165, 1.54) is 6.92 Å². The molecule has 0 aliphatic carbocycles. The molecule has 0 amide bonds. The number of furan rings is 1. The molecule has 1 aromatic heterocycles. The summed E-state index contributed by atoms with van der Waals surface area (Å²) in [6.07, 6.45) is 3.25. The highest BCUT2D eigenvalue weighted by Crippen LogP contribution is 1.79. The van der Waals surface area contributed by atoms with Crippen molar-refractivity contribution < 1.29 is 15.4 Å². The van der Waals surface area contributed by atoms with Crippen LogP contribution in [0.1, 0.15) is 15.3 Å². The Bertz CT molecular complexity index is 155. The SMILES string of the molecule is CCOC(C)=O.[H+].c1ccoc1. The van der Waals surface area contributed by atoms with Crippen molar-refractivity contribution in [2.45, 2.75) is 13.8 Å². The molecule has 0 atom stereocenters. The maximum absolute atomic E-state index is 9.82. The smallest absolute Gasteiger partial charge is 0.473 e. The fourth-order valence-corrected chi connectivity index (χ4v) is 0.430. The molecular formula is C8H13O3+. The summed E-state index contributed by atoms with van der Waals surface area (Å²) in [5.74, 6) is -0.211. The fraction of sp³-hybridized carbons (Fsp3) is 0.375. The maximum Gasteiger partial charge on any atom is 1.00 e. The molecule has 62 valence electrons.